The number of benzene rings is 2. The van der Waals surface area contributed by atoms with Crippen molar-refractivity contribution in [2.45, 2.75) is 0 Å². The number of carboxylic acid groups (broad SMARTS) is 1. The molecule has 1 aliphatic rings. The Morgan fingerprint density at radius 1 is 1.19 bits per heavy atom. The Balaban J connectivity index is 2.11. The van der Waals surface area contributed by atoms with Crippen LogP contribution in [0.2, 0.25) is 5.02 Å². The molecule has 1 aliphatic heterocycles. The third-order valence-corrected chi connectivity index (χ3v) is 4.26. The molecule has 3 nitrogen and oxygen atoms in total. The lowest BCUT2D eigenvalue weighted by Gasteiger charge is -2.10. The van der Waals surface area contributed by atoms with Crippen LogP contribution in [-0.2, 0) is 4.79 Å². The quantitative estimate of drug-likeness (QED) is 0.886. The molecule has 2 aromatic carbocycles. The van der Waals surface area contributed by atoms with Crippen LogP contribution in [-0.4, -0.2) is 16.8 Å². The van der Waals surface area contributed by atoms with E-state index < -0.39 is 5.97 Å². The fourth-order valence-electron chi connectivity index (χ4n) is 2.07. The Bertz CT molecular complexity index is 740. The van der Waals surface area contributed by atoms with Gasteiger partial charge in [0, 0.05) is 21.1 Å². The minimum atomic E-state index is -0.858. The van der Waals surface area contributed by atoms with Gasteiger partial charge in [0.2, 0.25) is 0 Å². The van der Waals surface area contributed by atoms with Gasteiger partial charge in [-0.2, -0.15) is 0 Å². The lowest BCUT2D eigenvalue weighted by Crippen LogP contribution is -1.98. The number of para-hydroxylation sites is 1. The number of carbonyl (C=O) groups is 1. The van der Waals surface area contributed by atoms with Crippen LogP contribution in [0.4, 0.5) is 0 Å². The number of hydrogen-bond donors (Lipinski definition) is 1. The van der Waals surface area contributed by atoms with Crippen molar-refractivity contribution in [3.05, 3.63) is 58.6 Å². The number of carboxylic acids is 1. The lowest BCUT2D eigenvalue weighted by atomic mass is 10.1. The summed E-state index contributed by atoms with van der Waals surface area (Å²) in [5.41, 5.74) is 1.72. The van der Waals surface area contributed by atoms with E-state index in [0.717, 1.165) is 21.8 Å². The highest BCUT2D eigenvalue weighted by Crippen LogP contribution is 2.43. The molecule has 3 rings (SSSR count). The van der Waals surface area contributed by atoms with E-state index in [1.807, 2.05) is 30.3 Å². The molecule has 0 unspecified atom stereocenters. The third-order valence-electron chi connectivity index (χ3n) is 2.98. The number of hydrogen-bond acceptors (Lipinski definition) is 3. The van der Waals surface area contributed by atoms with Gasteiger partial charge in [-0.05, 0) is 30.3 Å². The number of ether oxygens (including phenoxy) is 1. The van der Waals surface area contributed by atoms with Crippen LogP contribution in [0.15, 0.2) is 42.5 Å². The highest BCUT2D eigenvalue weighted by Gasteiger charge is 2.18. The zero-order valence-electron chi connectivity index (χ0n) is 10.9. The summed E-state index contributed by atoms with van der Waals surface area (Å²) in [7, 11) is 0. The van der Waals surface area contributed by atoms with Gasteiger partial charge in [0.1, 0.15) is 11.5 Å². The summed E-state index contributed by atoms with van der Waals surface area (Å²) >= 11 is 7.32. The standard InChI is InChI=1S/C16H11ClO3S/c17-11-5-6-14-12(8-11)15(21-9-16(18)19)7-10-3-1-2-4-13(10)20-14/h1-8H,9H2,(H,18,19). The average molecular weight is 319 g/mol. The fourth-order valence-corrected chi connectivity index (χ4v) is 3.05. The van der Waals surface area contributed by atoms with Crippen molar-refractivity contribution in [3.63, 3.8) is 0 Å². The Hall–Kier alpha value is -1.91. The van der Waals surface area contributed by atoms with Gasteiger partial charge < -0.3 is 9.84 Å². The first kappa shape index (κ1) is 14.0. The minimum Gasteiger partial charge on any atom is -0.481 e. The molecule has 0 aromatic heterocycles. The van der Waals surface area contributed by atoms with Crippen LogP contribution in [0.1, 0.15) is 11.1 Å². The summed E-state index contributed by atoms with van der Waals surface area (Å²) in [6.45, 7) is 0. The topological polar surface area (TPSA) is 46.5 Å². The van der Waals surface area contributed by atoms with Gasteiger partial charge in [0.15, 0.2) is 0 Å². The molecule has 0 saturated carbocycles. The zero-order valence-corrected chi connectivity index (χ0v) is 12.4. The zero-order chi connectivity index (χ0) is 14.8. The van der Waals surface area contributed by atoms with Crippen LogP contribution in [0.3, 0.4) is 0 Å². The fraction of sp³-hybridized carbons (Fsp3) is 0.0625. The van der Waals surface area contributed by atoms with E-state index in [2.05, 4.69) is 0 Å². The van der Waals surface area contributed by atoms with Gasteiger partial charge in [-0.1, -0.05) is 29.8 Å². The highest BCUT2D eigenvalue weighted by molar-refractivity contribution is 8.09. The van der Waals surface area contributed by atoms with Crippen LogP contribution in [0, 0.1) is 0 Å². The molecule has 2 aromatic rings. The first-order valence-electron chi connectivity index (χ1n) is 6.26. The molecule has 5 heteroatoms. The normalized spacial score (nSPS) is 12.5. The molecule has 0 bridgehead atoms. The maximum atomic E-state index is 10.8. The molecule has 0 radical (unpaired) electrons. The second kappa shape index (κ2) is 5.84. The lowest BCUT2D eigenvalue weighted by molar-refractivity contribution is -0.133. The monoisotopic (exact) mass is 318 g/mol. The molecule has 1 N–H and O–H groups in total. The van der Waals surface area contributed by atoms with Crippen LogP contribution >= 0.6 is 23.4 Å². The Kier molecular flexibility index (Phi) is 3.90. The maximum Gasteiger partial charge on any atom is 0.313 e. The largest absolute Gasteiger partial charge is 0.481 e. The van der Waals surface area contributed by atoms with Gasteiger partial charge in [-0.3, -0.25) is 4.79 Å². The first-order chi connectivity index (χ1) is 10.1. The number of halogens is 1. The molecular formula is C16H11ClO3S. The minimum absolute atomic E-state index is 0.0139. The van der Waals surface area contributed by atoms with Crippen molar-refractivity contribution in [3.8, 4) is 11.5 Å². The number of thioether (sulfide) groups is 1. The molecule has 0 spiro atoms. The van der Waals surface area contributed by atoms with E-state index in [-0.39, 0.29) is 5.75 Å². The third kappa shape index (κ3) is 3.06. The Morgan fingerprint density at radius 2 is 2.00 bits per heavy atom. The molecule has 1 heterocycles. The van der Waals surface area contributed by atoms with Crippen molar-refractivity contribution in [2.75, 3.05) is 5.75 Å². The van der Waals surface area contributed by atoms with Crippen molar-refractivity contribution in [1.82, 2.24) is 0 Å². The molecule has 0 saturated heterocycles. The van der Waals surface area contributed by atoms with Gasteiger partial charge in [0.25, 0.3) is 0 Å². The summed E-state index contributed by atoms with van der Waals surface area (Å²) in [5.74, 6) is 0.545. The average Bonchev–Trinajstić information content (AvgIpc) is 2.61. The summed E-state index contributed by atoms with van der Waals surface area (Å²) < 4.78 is 5.92. The number of aliphatic carboxylic acids is 1. The predicted octanol–water partition coefficient (Wildman–Crippen LogP) is 4.76. The number of rotatable bonds is 3. The Morgan fingerprint density at radius 3 is 2.81 bits per heavy atom. The van der Waals surface area contributed by atoms with Gasteiger partial charge in [-0.15, -0.1) is 11.8 Å². The summed E-state index contributed by atoms with van der Waals surface area (Å²) in [4.78, 5) is 11.7. The number of fused-ring (bicyclic) bond motifs is 2. The SMILES string of the molecule is O=C(O)CSC1=Cc2ccccc2Oc2ccc(Cl)cc21. The van der Waals surface area contributed by atoms with E-state index in [1.54, 1.807) is 18.2 Å². The highest BCUT2D eigenvalue weighted by atomic mass is 35.5. The van der Waals surface area contributed by atoms with Gasteiger partial charge >= 0.3 is 5.97 Å². The van der Waals surface area contributed by atoms with Crippen molar-refractivity contribution in [2.24, 2.45) is 0 Å². The smallest absolute Gasteiger partial charge is 0.313 e. The molecule has 0 fully saturated rings. The molecule has 0 amide bonds. The van der Waals surface area contributed by atoms with E-state index in [4.69, 9.17) is 21.4 Å². The van der Waals surface area contributed by atoms with Crippen LogP contribution in [0.5, 0.6) is 11.5 Å². The molecule has 21 heavy (non-hydrogen) atoms. The summed E-state index contributed by atoms with van der Waals surface area (Å²) in [5, 5.41) is 9.49. The molecule has 0 atom stereocenters. The van der Waals surface area contributed by atoms with Crippen molar-refractivity contribution >= 4 is 40.3 Å². The summed E-state index contributed by atoms with van der Waals surface area (Å²) in [6.07, 6.45) is 1.94. The van der Waals surface area contributed by atoms with E-state index in [1.165, 1.54) is 11.8 Å². The molecule has 106 valence electrons. The first-order valence-corrected chi connectivity index (χ1v) is 7.63. The van der Waals surface area contributed by atoms with Crippen molar-refractivity contribution in [1.29, 1.82) is 0 Å². The molecule has 0 aliphatic carbocycles. The molecular weight excluding hydrogens is 308 g/mol. The maximum absolute atomic E-state index is 10.8. The van der Waals surface area contributed by atoms with Crippen LogP contribution in [0.25, 0.3) is 11.0 Å². The second-order valence-corrected chi connectivity index (χ2v) is 5.92. The van der Waals surface area contributed by atoms with Gasteiger partial charge in [0.05, 0.1) is 5.75 Å². The van der Waals surface area contributed by atoms with Crippen LogP contribution < -0.4 is 4.74 Å². The van der Waals surface area contributed by atoms with Crippen molar-refractivity contribution < 1.29 is 14.6 Å². The van der Waals surface area contributed by atoms with E-state index >= 15 is 0 Å². The predicted molar refractivity (Wildman–Crippen MR) is 85.9 cm³/mol. The Labute approximate surface area is 131 Å². The van der Waals surface area contributed by atoms with E-state index in [0.29, 0.717) is 10.8 Å². The van der Waals surface area contributed by atoms with Gasteiger partial charge in [-0.25, -0.2) is 0 Å². The second-order valence-electron chi connectivity index (χ2n) is 4.47. The van der Waals surface area contributed by atoms with E-state index in [9.17, 15) is 4.79 Å². The summed E-state index contributed by atoms with van der Waals surface area (Å²) in [6, 6.07) is 13.0.